The highest BCUT2D eigenvalue weighted by Crippen LogP contribution is 2.31. The van der Waals surface area contributed by atoms with Crippen molar-refractivity contribution in [3.63, 3.8) is 0 Å². The Labute approximate surface area is 165 Å². The Bertz CT molecular complexity index is 944. The second-order valence-corrected chi connectivity index (χ2v) is 7.37. The van der Waals surface area contributed by atoms with E-state index in [1.807, 2.05) is 12.1 Å². The smallest absolute Gasteiger partial charge is 0.177 e. The summed E-state index contributed by atoms with van der Waals surface area (Å²) in [6.07, 6.45) is 5.49. The summed E-state index contributed by atoms with van der Waals surface area (Å²) in [5.41, 5.74) is 9.16. The Balaban J connectivity index is 1.83. The van der Waals surface area contributed by atoms with Crippen molar-refractivity contribution in [2.75, 3.05) is 30.8 Å². The van der Waals surface area contributed by atoms with Gasteiger partial charge in [-0.15, -0.1) is 10.2 Å². The SMILES string of the molecule is CCCCc1nc2c(N)nnc(N3CCCC3)c2n1Cc1ccc(OC)cc1. The molecule has 0 radical (unpaired) electrons. The predicted octanol–water partition coefficient (Wildman–Crippen LogP) is 3.41. The average molecular weight is 380 g/mol. The van der Waals surface area contributed by atoms with Crippen molar-refractivity contribution in [3.05, 3.63) is 35.7 Å². The van der Waals surface area contributed by atoms with Gasteiger partial charge >= 0.3 is 0 Å². The molecule has 0 atom stereocenters. The van der Waals surface area contributed by atoms with Crippen LogP contribution in [0.25, 0.3) is 11.0 Å². The molecule has 7 heteroatoms. The summed E-state index contributed by atoms with van der Waals surface area (Å²) in [5, 5.41) is 8.69. The van der Waals surface area contributed by atoms with E-state index < -0.39 is 0 Å². The molecular weight excluding hydrogens is 352 g/mol. The lowest BCUT2D eigenvalue weighted by atomic mass is 10.2. The van der Waals surface area contributed by atoms with Crippen LogP contribution in [0.15, 0.2) is 24.3 Å². The van der Waals surface area contributed by atoms with Crippen molar-refractivity contribution < 1.29 is 4.74 Å². The first-order valence-electron chi connectivity index (χ1n) is 10.1. The largest absolute Gasteiger partial charge is 0.497 e. The van der Waals surface area contributed by atoms with E-state index in [0.717, 1.165) is 67.3 Å². The summed E-state index contributed by atoms with van der Waals surface area (Å²) >= 11 is 0. The van der Waals surface area contributed by atoms with Crippen LogP contribution < -0.4 is 15.4 Å². The van der Waals surface area contributed by atoms with Gasteiger partial charge in [-0.3, -0.25) is 0 Å². The third kappa shape index (κ3) is 3.48. The van der Waals surface area contributed by atoms with Crippen LogP contribution in [0.1, 0.15) is 44.0 Å². The van der Waals surface area contributed by atoms with Crippen molar-refractivity contribution in [2.24, 2.45) is 0 Å². The number of anilines is 2. The second-order valence-electron chi connectivity index (χ2n) is 7.37. The van der Waals surface area contributed by atoms with Crippen molar-refractivity contribution in [1.82, 2.24) is 19.7 Å². The van der Waals surface area contributed by atoms with Gasteiger partial charge < -0.3 is 19.9 Å². The number of benzene rings is 1. The van der Waals surface area contributed by atoms with Gasteiger partial charge in [-0.05, 0) is 37.0 Å². The summed E-state index contributed by atoms with van der Waals surface area (Å²) in [6.45, 7) is 4.94. The molecule has 1 aromatic carbocycles. The van der Waals surface area contributed by atoms with E-state index in [0.29, 0.717) is 5.82 Å². The van der Waals surface area contributed by atoms with Crippen LogP contribution in [0.5, 0.6) is 5.75 Å². The first kappa shape index (κ1) is 18.5. The Kier molecular flexibility index (Phi) is 5.32. The maximum Gasteiger partial charge on any atom is 0.177 e. The molecule has 0 spiro atoms. The van der Waals surface area contributed by atoms with Crippen molar-refractivity contribution in [3.8, 4) is 5.75 Å². The zero-order valence-corrected chi connectivity index (χ0v) is 16.7. The number of imidazole rings is 1. The zero-order chi connectivity index (χ0) is 19.5. The van der Waals surface area contributed by atoms with Crippen LogP contribution in [0.4, 0.5) is 11.6 Å². The van der Waals surface area contributed by atoms with Crippen LogP contribution in [-0.4, -0.2) is 39.9 Å². The van der Waals surface area contributed by atoms with Gasteiger partial charge in [0.05, 0.1) is 7.11 Å². The molecule has 2 N–H and O–H groups in total. The molecule has 1 fully saturated rings. The lowest BCUT2D eigenvalue weighted by Gasteiger charge is -2.18. The van der Waals surface area contributed by atoms with Gasteiger partial charge in [-0.25, -0.2) is 4.98 Å². The van der Waals surface area contributed by atoms with Gasteiger partial charge in [-0.2, -0.15) is 0 Å². The van der Waals surface area contributed by atoms with Gasteiger partial charge in [-0.1, -0.05) is 25.5 Å². The minimum atomic E-state index is 0.407. The number of ether oxygens (including phenoxy) is 1. The van der Waals surface area contributed by atoms with Crippen molar-refractivity contribution in [2.45, 2.75) is 45.6 Å². The van der Waals surface area contributed by atoms with E-state index in [4.69, 9.17) is 15.5 Å². The minimum absolute atomic E-state index is 0.407. The number of aryl methyl sites for hydroxylation is 1. The quantitative estimate of drug-likeness (QED) is 0.676. The summed E-state index contributed by atoms with van der Waals surface area (Å²) in [4.78, 5) is 7.21. The first-order valence-corrected chi connectivity index (χ1v) is 10.1. The molecular formula is C21H28N6O. The maximum atomic E-state index is 6.18. The van der Waals surface area contributed by atoms with Crippen molar-refractivity contribution >= 4 is 22.7 Å². The Morgan fingerprint density at radius 1 is 1.11 bits per heavy atom. The van der Waals surface area contributed by atoms with Crippen molar-refractivity contribution in [1.29, 1.82) is 0 Å². The molecule has 0 bridgehead atoms. The number of rotatable bonds is 7. The normalized spacial score (nSPS) is 14.1. The summed E-state index contributed by atoms with van der Waals surface area (Å²) in [7, 11) is 1.69. The number of hydrogen-bond donors (Lipinski definition) is 1. The third-order valence-corrected chi connectivity index (χ3v) is 5.41. The summed E-state index contributed by atoms with van der Waals surface area (Å²) in [6, 6.07) is 8.19. The number of aromatic nitrogens is 4. The van der Waals surface area contributed by atoms with Crippen LogP contribution >= 0.6 is 0 Å². The third-order valence-electron chi connectivity index (χ3n) is 5.41. The molecule has 2 aromatic heterocycles. The van der Waals surface area contributed by atoms with Gasteiger partial charge in [0, 0.05) is 26.1 Å². The molecule has 0 amide bonds. The number of nitrogens with two attached hydrogens (primary N) is 1. The van der Waals surface area contributed by atoms with E-state index in [9.17, 15) is 0 Å². The first-order chi connectivity index (χ1) is 13.7. The molecule has 1 aliphatic rings. The zero-order valence-electron chi connectivity index (χ0n) is 16.7. The van der Waals surface area contributed by atoms with Gasteiger partial charge in [0.15, 0.2) is 11.6 Å². The fourth-order valence-corrected chi connectivity index (χ4v) is 3.85. The molecule has 28 heavy (non-hydrogen) atoms. The highest BCUT2D eigenvalue weighted by atomic mass is 16.5. The monoisotopic (exact) mass is 380 g/mol. The average Bonchev–Trinajstić information content (AvgIpc) is 3.37. The van der Waals surface area contributed by atoms with Crippen LogP contribution in [-0.2, 0) is 13.0 Å². The Hall–Kier alpha value is -2.83. The molecule has 7 nitrogen and oxygen atoms in total. The molecule has 0 unspecified atom stereocenters. The second kappa shape index (κ2) is 8.04. The number of fused-ring (bicyclic) bond motifs is 1. The Morgan fingerprint density at radius 2 is 1.86 bits per heavy atom. The number of hydrogen-bond acceptors (Lipinski definition) is 6. The van der Waals surface area contributed by atoms with Crippen LogP contribution in [0.2, 0.25) is 0 Å². The van der Waals surface area contributed by atoms with Gasteiger partial charge in [0.2, 0.25) is 0 Å². The molecule has 1 saturated heterocycles. The maximum absolute atomic E-state index is 6.18. The van der Waals surface area contributed by atoms with Gasteiger partial charge in [0.1, 0.15) is 22.6 Å². The van der Waals surface area contributed by atoms with E-state index in [1.54, 1.807) is 7.11 Å². The molecule has 148 valence electrons. The topological polar surface area (TPSA) is 82.1 Å². The van der Waals surface area contributed by atoms with Crippen LogP contribution in [0.3, 0.4) is 0 Å². The fourth-order valence-electron chi connectivity index (χ4n) is 3.85. The molecule has 3 aromatic rings. The summed E-state index contributed by atoms with van der Waals surface area (Å²) in [5.74, 6) is 3.22. The van der Waals surface area contributed by atoms with Crippen LogP contribution in [0, 0.1) is 0 Å². The lowest BCUT2D eigenvalue weighted by molar-refractivity contribution is 0.414. The molecule has 0 saturated carbocycles. The van der Waals surface area contributed by atoms with E-state index in [2.05, 4.69) is 38.7 Å². The fraction of sp³-hybridized carbons (Fsp3) is 0.476. The highest BCUT2D eigenvalue weighted by molar-refractivity contribution is 5.93. The number of nitrogen functional groups attached to an aromatic ring is 1. The van der Waals surface area contributed by atoms with Gasteiger partial charge in [0.25, 0.3) is 0 Å². The molecule has 4 rings (SSSR count). The number of nitrogens with zero attached hydrogens (tertiary/aromatic N) is 5. The molecule has 1 aliphatic heterocycles. The number of unbranched alkanes of at least 4 members (excludes halogenated alkanes) is 1. The van der Waals surface area contributed by atoms with E-state index in [1.165, 1.54) is 18.4 Å². The van der Waals surface area contributed by atoms with E-state index in [-0.39, 0.29) is 0 Å². The summed E-state index contributed by atoms with van der Waals surface area (Å²) < 4.78 is 7.58. The lowest BCUT2D eigenvalue weighted by Crippen LogP contribution is -2.21. The highest BCUT2D eigenvalue weighted by Gasteiger charge is 2.24. The standard InChI is InChI=1S/C21H28N6O/c1-3-4-7-17-23-18-19(21(25-24-20(18)22)26-12-5-6-13-26)27(17)14-15-8-10-16(28-2)11-9-15/h8-11H,3-7,12-14H2,1-2H3,(H2,22,24). The van der Waals surface area contributed by atoms with E-state index >= 15 is 0 Å². The Morgan fingerprint density at radius 3 is 2.54 bits per heavy atom. The number of methoxy groups -OCH3 is 1. The predicted molar refractivity (Wildman–Crippen MR) is 112 cm³/mol. The minimum Gasteiger partial charge on any atom is -0.497 e. The molecule has 0 aliphatic carbocycles. The molecule has 3 heterocycles.